The minimum Gasteiger partial charge on any atom is -0.483 e. The van der Waals surface area contributed by atoms with Gasteiger partial charge >= 0.3 is 0 Å². The van der Waals surface area contributed by atoms with Crippen LogP contribution in [0, 0.1) is 0 Å². The molecule has 0 bridgehead atoms. The van der Waals surface area contributed by atoms with Crippen LogP contribution in [0.25, 0.3) is 0 Å². The molecule has 0 unspecified atom stereocenters. The molecule has 1 heterocycles. The highest BCUT2D eigenvalue weighted by molar-refractivity contribution is 7.93. The van der Waals surface area contributed by atoms with E-state index < -0.39 is 15.9 Å². The van der Waals surface area contributed by atoms with Gasteiger partial charge in [-0.25, -0.2) is 13.4 Å². The van der Waals surface area contributed by atoms with Crippen LogP contribution < -0.4 is 14.8 Å². The van der Waals surface area contributed by atoms with Gasteiger partial charge in [0.2, 0.25) is 0 Å². The number of carbonyl (C=O) groups is 2. The summed E-state index contributed by atoms with van der Waals surface area (Å²) >= 11 is 1.18. The molecule has 0 saturated carbocycles. The van der Waals surface area contributed by atoms with E-state index >= 15 is 0 Å². The molecule has 1 amide bonds. The summed E-state index contributed by atoms with van der Waals surface area (Å²) in [6, 6.07) is 11.0. The number of amides is 1. The number of ether oxygens (including phenoxy) is 1. The Balaban J connectivity index is 1.36. The summed E-state index contributed by atoms with van der Waals surface area (Å²) < 4.78 is 32.6. The van der Waals surface area contributed by atoms with E-state index in [2.05, 4.69) is 15.0 Å². The monoisotopic (exact) mass is 443 g/mol. The lowest BCUT2D eigenvalue weighted by Gasteiger charge is -2.11. The van der Waals surface area contributed by atoms with Crippen molar-refractivity contribution in [3.63, 3.8) is 0 Å². The van der Waals surface area contributed by atoms with E-state index in [0.29, 0.717) is 29.8 Å². The second-order valence-electron chi connectivity index (χ2n) is 6.51. The Morgan fingerprint density at radius 3 is 2.67 bits per heavy atom. The third kappa shape index (κ3) is 4.34. The molecule has 1 aliphatic rings. The quantitative estimate of drug-likeness (QED) is 0.580. The SMILES string of the molecule is O=C(COc1cccc2c1CCC2=O)Nc1ccc(S(=O)(=O)Nc2nccs2)cc1. The fourth-order valence-corrected chi connectivity index (χ4v) is 4.89. The normalized spacial score (nSPS) is 13.0. The van der Waals surface area contributed by atoms with Crippen LogP contribution in [0.5, 0.6) is 5.75 Å². The van der Waals surface area contributed by atoms with Gasteiger partial charge in [-0.3, -0.25) is 14.3 Å². The molecular formula is C20H17N3O5S2. The molecule has 4 rings (SSSR count). The lowest BCUT2D eigenvalue weighted by molar-refractivity contribution is -0.118. The Bertz CT molecular complexity index is 1190. The molecule has 154 valence electrons. The zero-order chi connectivity index (χ0) is 21.1. The summed E-state index contributed by atoms with van der Waals surface area (Å²) in [5.74, 6) is 0.218. The van der Waals surface area contributed by atoms with Crippen molar-refractivity contribution in [1.29, 1.82) is 0 Å². The number of nitrogens with zero attached hydrogens (tertiary/aromatic N) is 1. The molecule has 2 N–H and O–H groups in total. The average Bonchev–Trinajstić information content (AvgIpc) is 3.37. The maximum absolute atomic E-state index is 12.3. The van der Waals surface area contributed by atoms with Crippen LogP contribution in [0.4, 0.5) is 10.8 Å². The van der Waals surface area contributed by atoms with Gasteiger partial charge in [0.1, 0.15) is 5.75 Å². The number of hydrogen-bond donors (Lipinski definition) is 2. The summed E-state index contributed by atoms with van der Waals surface area (Å²) in [6.45, 7) is -0.226. The predicted molar refractivity (Wildman–Crippen MR) is 113 cm³/mol. The second kappa shape index (κ2) is 8.25. The maximum Gasteiger partial charge on any atom is 0.263 e. The molecule has 1 aliphatic carbocycles. The van der Waals surface area contributed by atoms with Crippen molar-refractivity contribution in [2.45, 2.75) is 17.7 Å². The minimum absolute atomic E-state index is 0.0523. The van der Waals surface area contributed by atoms with E-state index in [1.54, 1.807) is 23.6 Å². The molecule has 0 atom stereocenters. The van der Waals surface area contributed by atoms with E-state index in [0.717, 1.165) is 5.56 Å². The van der Waals surface area contributed by atoms with E-state index in [-0.39, 0.29) is 22.4 Å². The van der Waals surface area contributed by atoms with Gasteiger partial charge in [-0.05, 0) is 36.8 Å². The number of Topliss-reactive ketones (excluding diaryl/α,β-unsaturated/α-hetero) is 1. The Labute approximate surface area is 177 Å². The number of ketones is 1. The van der Waals surface area contributed by atoms with Crippen LogP contribution >= 0.6 is 11.3 Å². The van der Waals surface area contributed by atoms with E-state index in [9.17, 15) is 18.0 Å². The predicted octanol–water partition coefficient (Wildman–Crippen LogP) is 3.09. The van der Waals surface area contributed by atoms with Gasteiger partial charge in [-0.15, -0.1) is 11.3 Å². The van der Waals surface area contributed by atoms with Crippen molar-refractivity contribution in [3.8, 4) is 5.75 Å². The number of hydrogen-bond acceptors (Lipinski definition) is 7. The third-order valence-corrected chi connectivity index (χ3v) is 6.67. The van der Waals surface area contributed by atoms with Crippen LogP contribution in [-0.4, -0.2) is 31.7 Å². The molecule has 1 aromatic heterocycles. The highest BCUT2D eigenvalue weighted by Crippen LogP contribution is 2.30. The van der Waals surface area contributed by atoms with Crippen molar-refractivity contribution < 1.29 is 22.7 Å². The number of thiazole rings is 1. The van der Waals surface area contributed by atoms with Gasteiger partial charge in [-0.2, -0.15) is 0 Å². The smallest absolute Gasteiger partial charge is 0.263 e. The Morgan fingerprint density at radius 2 is 1.93 bits per heavy atom. The average molecular weight is 444 g/mol. The highest BCUT2D eigenvalue weighted by atomic mass is 32.2. The van der Waals surface area contributed by atoms with Crippen molar-refractivity contribution in [1.82, 2.24) is 4.98 Å². The van der Waals surface area contributed by atoms with Crippen LogP contribution in [0.1, 0.15) is 22.3 Å². The molecule has 0 spiro atoms. The largest absolute Gasteiger partial charge is 0.483 e. The summed E-state index contributed by atoms with van der Waals surface area (Å²) in [4.78, 5) is 27.9. The first-order chi connectivity index (χ1) is 14.4. The topological polar surface area (TPSA) is 114 Å². The summed E-state index contributed by atoms with van der Waals surface area (Å²) in [6.07, 6.45) is 2.57. The number of fused-ring (bicyclic) bond motifs is 1. The fraction of sp³-hybridized carbons (Fsp3) is 0.150. The number of aromatic nitrogens is 1. The van der Waals surface area contributed by atoms with Crippen molar-refractivity contribution in [2.75, 3.05) is 16.6 Å². The summed E-state index contributed by atoms with van der Waals surface area (Å²) in [7, 11) is -3.75. The van der Waals surface area contributed by atoms with Gasteiger partial charge in [0, 0.05) is 34.8 Å². The Morgan fingerprint density at radius 1 is 1.13 bits per heavy atom. The molecular weight excluding hydrogens is 426 g/mol. The van der Waals surface area contributed by atoms with E-state index in [1.807, 2.05) is 0 Å². The van der Waals surface area contributed by atoms with Gasteiger partial charge in [0.15, 0.2) is 17.5 Å². The molecule has 30 heavy (non-hydrogen) atoms. The number of benzene rings is 2. The molecule has 8 nitrogen and oxygen atoms in total. The molecule has 0 saturated heterocycles. The minimum atomic E-state index is -3.75. The zero-order valence-electron chi connectivity index (χ0n) is 15.6. The van der Waals surface area contributed by atoms with Crippen LogP contribution in [0.2, 0.25) is 0 Å². The van der Waals surface area contributed by atoms with Gasteiger partial charge in [0.05, 0.1) is 4.90 Å². The van der Waals surface area contributed by atoms with Crippen LogP contribution in [0.15, 0.2) is 58.9 Å². The number of sulfonamides is 1. The number of rotatable bonds is 7. The first kappa shape index (κ1) is 20.0. The summed E-state index contributed by atoms with van der Waals surface area (Å²) in [5.41, 5.74) is 1.92. The van der Waals surface area contributed by atoms with Crippen molar-refractivity contribution >= 4 is 43.9 Å². The number of anilines is 2. The summed E-state index contributed by atoms with van der Waals surface area (Å²) in [5, 5.41) is 4.60. The molecule has 0 radical (unpaired) electrons. The molecule has 10 heteroatoms. The Kier molecular flexibility index (Phi) is 5.51. The highest BCUT2D eigenvalue weighted by Gasteiger charge is 2.23. The molecule has 3 aromatic rings. The van der Waals surface area contributed by atoms with E-state index in [1.165, 1.54) is 41.8 Å². The van der Waals surface area contributed by atoms with Crippen molar-refractivity contribution in [2.24, 2.45) is 0 Å². The Hall–Kier alpha value is -3.24. The number of nitrogens with one attached hydrogen (secondary N) is 2. The van der Waals surface area contributed by atoms with Crippen LogP contribution in [-0.2, 0) is 21.2 Å². The van der Waals surface area contributed by atoms with Crippen LogP contribution in [0.3, 0.4) is 0 Å². The second-order valence-corrected chi connectivity index (χ2v) is 9.09. The fourth-order valence-electron chi connectivity index (χ4n) is 3.10. The van der Waals surface area contributed by atoms with Gasteiger partial charge < -0.3 is 10.1 Å². The molecule has 2 aromatic carbocycles. The standard InChI is InChI=1S/C20H17N3O5S2/c24-17-9-8-16-15(17)2-1-3-18(16)28-12-19(25)22-13-4-6-14(7-5-13)30(26,27)23-20-21-10-11-29-20/h1-7,10-11H,8-9,12H2,(H,21,23)(H,22,25). The lowest BCUT2D eigenvalue weighted by Crippen LogP contribution is -2.20. The zero-order valence-corrected chi connectivity index (χ0v) is 17.3. The number of carbonyl (C=O) groups excluding carboxylic acids is 2. The first-order valence-electron chi connectivity index (χ1n) is 9.02. The van der Waals surface area contributed by atoms with Crippen molar-refractivity contribution in [3.05, 3.63) is 65.2 Å². The van der Waals surface area contributed by atoms with E-state index in [4.69, 9.17) is 4.74 Å². The first-order valence-corrected chi connectivity index (χ1v) is 11.4. The third-order valence-electron chi connectivity index (χ3n) is 4.50. The van der Waals surface area contributed by atoms with Gasteiger partial charge in [-0.1, -0.05) is 12.1 Å². The van der Waals surface area contributed by atoms with Gasteiger partial charge in [0.25, 0.3) is 15.9 Å². The molecule has 0 fully saturated rings. The maximum atomic E-state index is 12.3. The lowest BCUT2D eigenvalue weighted by atomic mass is 10.1. The molecule has 0 aliphatic heterocycles.